The molecule has 2 N–H and O–H groups in total. The lowest BCUT2D eigenvalue weighted by Gasteiger charge is -2.11. The van der Waals surface area contributed by atoms with Gasteiger partial charge in [0.1, 0.15) is 23.4 Å². The van der Waals surface area contributed by atoms with Crippen molar-refractivity contribution in [1.29, 1.82) is 0 Å². The molecule has 4 rings (SSSR count). The summed E-state index contributed by atoms with van der Waals surface area (Å²) in [6.45, 7) is 3.75. The minimum Gasteiger partial charge on any atom is -0.497 e. The minimum atomic E-state index is -0.805. The van der Waals surface area contributed by atoms with Crippen LogP contribution in [0, 0.1) is 12.7 Å². The Morgan fingerprint density at radius 2 is 2.00 bits per heavy atom. The van der Waals surface area contributed by atoms with Gasteiger partial charge in [-0.3, -0.25) is 9.59 Å². The van der Waals surface area contributed by atoms with Crippen LogP contribution in [0.3, 0.4) is 0 Å². The molecule has 0 bridgehead atoms. The standard InChI is InChI=1S/C23H23FN4O3/c1-4-17-21(14-6-8-15(31-3)9-7-14)22-26-23(30)19(28(22)27-17)12-20(29)25-18-10-5-13(2)11-16(18)24/h5-11,19H,4,12H2,1-3H3,(H,25,29)(H,26,30). The number of fused-ring (bicyclic) bond motifs is 1. The molecule has 0 radical (unpaired) electrons. The molecule has 0 aliphatic carbocycles. The fraction of sp³-hybridized carbons (Fsp3) is 0.261. The van der Waals surface area contributed by atoms with E-state index in [2.05, 4.69) is 15.7 Å². The molecule has 8 heteroatoms. The Hall–Kier alpha value is -3.68. The summed E-state index contributed by atoms with van der Waals surface area (Å²) in [6, 6.07) is 11.3. The molecule has 2 amide bonds. The summed E-state index contributed by atoms with van der Waals surface area (Å²) in [7, 11) is 1.60. The number of amides is 2. The van der Waals surface area contributed by atoms with E-state index in [1.54, 1.807) is 24.8 Å². The van der Waals surface area contributed by atoms with E-state index in [1.807, 2.05) is 31.2 Å². The molecular weight excluding hydrogens is 399 g/mol. The van der Waals surface area contributed by atoms with E-state index >= 15 is 0 Å². The van der Waals surface area contributed by atoms with Crippen molar-refractivity contribution < 1.29 is 18.7 Å². The second-order valence-corrected chi connectivity index (χ2v) is 7.44. The molecule has 1 aliphatic heterocycles. The van der Waals surface area contributed by atoms with Gasteiger partial charge in [0.05, 0.1) is 24.9 Å². The quantitative estimate of drug-likeness (QED) is 0.627. The maximum absolute atomic E-state index is 14.1. The molecule has 1 unspecified atom stereocenters. The maximum atomic E-state index is 14.1. The Balaban J connectivity index is 1.60. The fourth-order valence-electron chi connectivity index (χ4n) is 3.72. The fourth-order valence-corrected chi connectivity index (χ4v) is 3.72. The number of benzene rings is 2. The third-order valence-corrected chi connectivity index (χ3v) is 5.31. The second-order valence-electron chi connectivity index (χ2n) is 7.44. The summed E-state index contributed by atoms with van der Waals surface area (Å²) < 4.78 is 20.8. The number of carbonyl (C=O) groups is 2. The summed E-state index contributed by atoms with van der Waals surface area (Å²) in [6.07, 6.45) is 0.504. The van der Waals surface area contributed by atoms with E-state index in [9.17, 15) is 14.0 Å². The molecule has 2 aromatic carbocycles. The number of nitrogens with zero attached hydrogens (tertiary/aromatic N) is 2. The predicted octanol–water partition coefficient (Wildman–Crippen LogP) is 4.09. The van der Waals surface area contributed by atoms with Crippen LogP contribution in [0.1, 0.15) is 30.6 Å². The average Bonchev–Trinajstić information content (AvgIpc) is 3.25. The zero-order valence-corrected chi connectivity index (χ0v) is 17.5. The molecule has 0 fully saturated rings. The van der Waals surface area contributed by atoms with Crippen LogP contribution >= 0.6 is 0 Å². The van der Waals surface area contributed by atoms with Gasteiger partial charge >= 0.3 is 0 Å². The van der Waals surface area contributed by atoms with Crippen LogP contribution in [0.2, 0.25) is 0 Å². The third-order valence-electron chi connectivity index (χ3n) is 5.31. The number of ether oxygens (including phenoxy) is 1. The van der Waals surface area contributed by atoms with Crippen molar-refractivity contribution >= 4 is 23.3 Å². The Labute approximate surface area is 179 Å². The summed E-state index contributed by atoms with van der Waals surface area (Å²) in [5, 5.41) is 10.0. The first-order valence-electron chi connectivity index (χ1n) is 10.0. The summed E-state index contributed by atoms with van der Waals surface area (Å²) >= 11 is 0. The van der Waals surface area contributed by atoms with Crippen LogP contribution in [-0.4, -0.2) is 28.7 Å². The number of carbonyl (C=O) groups excluding carboxylic acids is 2. The number of anilines is 2. The van der Waals surface area contributed by atoms with Crippen molar-refractivity contribution in [3.63, 3.8) is 0 Å². The first kappa shape index (κ1) is 20.6. The number of nitrogens with one attached hydrogen (secondary N) is 2. The third kappa shape index (κ3) is 3.88. The molecule has 7 nitrogen and oxygen atoms in total. The zero-order valence-electron chi connectivity index (χ0n) is 17.5. The highest BCUT2D eigenvalue weighted by atomic mass is 19.1. The SMILES string of the molecule is CCc1nn2c(c1-c1ccc(OC)cc1)NC(=O)C2CC(=O)Nc1ccc(C)cc1F. The average molecular weight is 422 g/mol. The van der Waals surface area contributed by atoms with E-state index in [-0.39, 0.29) is 18.0 Å². The van der Waals surface area contributed by atoms with E-state index < -0.39 is 17.8 Å². The van der Waals surface area contributed by atoms with Crippen molar-refractivity contribution in [2.75, 3.05) is 17.7 Å². The van der Waals surface area contributed by atoms with Crippen molar-refractivity contribution in [2.24, 2.45) is 0 Å². The predicted molar refractivity (Wildman–Crippen MR) is 116 cm³/mol. The maximum Gasteiger partial charge on any atom is 0.251 e. The Kier molecular flexibility index (Phi) is 5.46. The zero-order chi connectivity index (χ0) is 22.1. The number of methoxy groups -OCH3 is 1. The lowest BCUT2D eigenvalue weighted by molar-refractivity contribution is -0.123. The van der Waals surface area contributed by atoms with Gasteiger partial charge in [-0.05, 0) is 48.7 Å². The molecule has 0 spiro atoms. The molecule has 3 aromatic rings. The van der Waals surface area contributed by atoms with Gasteiger partial charge in [0.25, 0.3) is 5.91 Å². The second kappa shape index (κ2) is 8.22. The highest BCUT2D eigenvalue weighted by Crippen LogP contribution is 2.39. The monoisotopic (exact) mass is 422 g/mol. The van der Waals surface area contributed by atoms with Crippen LogP contribution in [0.4, 0.5) is 15.9 Å². The van der Waals surface area contributed by atoms with Gasteiger partial charge in [-0.1, -0.05) is 25.1 Å². The van der Waals surface area contributed by atoms with Crippen molar-refractivity contribution in [1.82, 2.24) is 9.78 Å². The van der Waals surface area contributed by atoms with Crippen LogP contribution < -0.4 is 15.4 Å². The lowest BCUT2D eigenvalue weighted by Crippen LogP contribution is -2.24. The smallest absolute Gasteiger partial charge is 0.251 e. The van der Waals surface area contributed by atoms with E-state index in [0.717, 1.165) is 28.1 Å². The molecule has 1 aliphatic rings. The summed E-state index contributed by atoms with van der Waals surface area (Å²) in [5.74, 6) is -0.00679. The largest absolute Gasteiger partial charge is 0.497 e. The normalized spacial score (nSPS) is 14.8. The van der Waals surface area contributed by atoms with Crippen molar-refractivity contribution in [2.45, 2.75) is 32.7 Å². The molecule has 0 saturated heterocycles. The number of aryl methyl sites for hydroxylation is 2. The van der Waals surface area contributed by atoms with Crippen molar-refractivity contribution in [3.8, 4) is 16.9 Å². The van der Waals surface area contributed by atoms with Gasteiger partial charge in [-0.15, -0.1) is 0 Å². The highest BCUT2D eigenvalue weighted by Gasteiger charge is 2.36. The van der Waals surface area contributed by atoms with Crippen LogP contribution in [-0.2, 0) is 16.0 Å². The number of aromatic nitrogens is 2. The number of rotatable bonds is 6. The molecule has 160 valence electrons. The molecule has 1 aromatic heterocycles. The van der Waals surface area contributed by atoms with Gasteiger partial charge in [0.2, 0.25) is 5.91 Å². The Morgan fingerprint density at radius 3 is 2.65 bits per heavy atom. The molecular formula is C23H23FN4O3. The molecule has 31 heavy (non-hydrogen) atoms. The van der Waals surface area contributed by atoms with E-state index in [1.165, 1.54) is 12.1 Å². The summed E-state index contributed by atoms with van der Waals surface area (Å²) in [4.78, 5) is 25.2. The first-order valence-corrected chi connectivity index (χ1v) is 10.0. The van der Waals surface area contributed by atoms with Crippen LogP contribution in [0.5, 0.6) is 5.75 Å². The lowest BCUT2D eigenvalue weighted by atomic mass is 10.0. The highest BCUT2D eigenvalue weighted by molar-refractivity contribution is 6.04. The van der Waals surface area contributed by atoms with Crippen LogP contribution in [0.15, 0.2) is 42.5 Å². The van der Waals surface area contributed by atoms with Crippen molar-refractivity contribution in [3.05, 3.63) is 59.5 Å². The number of hydrogen-bond acceptors (Lipinski definition) is 4. The Morgan fingerprint density at radius 1 is 1.26 bits per heavy atom. The van der Waals surface area contributed by atoms with Gasteiger partial charge in [-0.2, -0.15) is 5.10 Å². The van der Waals surface area contributed by atoms with E-state index in [0.29, 0.717) is 12.2 Å². The molecule has 2 heterocycles. The first-order chi connectivity index (χ1) is 14.9. The number of halogens is 1. The van der Waals surface area contributed by atoms with Gasteiger partial charge < -0.3 is 15.4 Å². The van der Waals surface area contributed by atoms with Gasteiger partial charge in [0.15, 0.2) is 0 Å². The number of hydrogen-bond donors (Lipinski definition) is 2. The van der Waals surface area contributed by atoms with Crippen LogP contribution in [0.25, 0.3) is 11.1 Å². The minimum absolute atomic E-state index is 0.0860. The van der Waals surface area contributed by atoms with Gasteiger partial charge in [-0.25, -0.2) is 9.07 Å². The summed E-state index contributed by atoms with van der Waals surface area (Å²) in [5.41, 5.74) is 3.38. The topological polar surface area (TPSA) is 85.2 Å². The molecule has 0 saturated carbocycles. The molecule has 1 atom stereocenters. The Bertz CT molecular complexity index is 1150. The van der Waals surface area contributed by atoms with E-state index in [4.69, 9.17) is 4.74 Å². The van der Waals surface area contributed by atoms with Gasteiger partial charge in [0, 0.05) is 5.56 Å².